The van der Waals surface area contributed by atoms with Crippen LogP contribution in [0.3, 0.4) is 0 Å². The molecule has 0 aromatic heterocycles. The van der Waals surface area contributed by atoms with Crippen LogP contribution in [0.4, 0.5) is 0 Å². The first-order valence-corrected chi connectivity index (χ1v) is 14.9. The molecule has 2 unspecified atom stereocenters. The van der Waals surface area contributed by atoms with Crippen molar-refractivity contribution in [1.82, 2.24) is 9.80 Å². The first kappa shape index (κ1) is 32.3. The van der Waals surface area contributed by atoms with Gasteiger partial charge < -0.3 is 24.4 Å². The maximum absolute atomic E-state index is 14.9. The van der Waals surface area contributed by atoms with E-state index in [9.17, 15) is 19.5 Å². The van der Waals surface area contributed by atoms with Gasteiger partial charge in [0.25, 0.3) is 0 Å². The highest BCUT2D eigenvalue weighted by Crippen LogP contribution is 2.65. The van der Waals surface area contributed by atoms with E-state index < -0.39 is 46.6 Å². The summed E-state index contributed by atoms with van der Waals surface area (Å²) in [6.07, 6.45) is 6.02. The van der Waals surface area contributed by atoms with E-state index in [0.717, 1.165) is 6.42 Å². The maximum atomic E-state index is 14.9. The van der Waals surface area contributed by atoms with Crippen LogP contribution in [0, 0.1) is 23.2 Å². The lowest BCUT2D eigenvalue weighted by Crippen LogP contribution is -2.62. The zero-order valence-electron chi connectivity index (χ0n) is 26.0. The SMILES string of the molecule is C=CCOC(=O)[C@H]1[C@H]2C(=O)N([C@@H](CO)CC(C)C)C(C(=O)N(CC=C)C(C)(C)CC(C)(C)C)C23CC[C@]1(CC)O3. The molecule has 0 aromatic carbocycles. The summed E-state index contributed by atoms with van der Waals surface area (Å²) in [5.41, 5.74) is -2.67. The zero-order valence-corrected chi connectivity index (χ0v) is 26.0. The molecule has 1 N–H and O–H groups in total. The standard InChI is InChI=1S/C32H52N2O6/c1-11-16-33(30(9,10)20-29(6,7)8)27(37)25-32-15-14-31(13-3,40-32)24(28(38)39-17-12-2)23(32)26(36)34(25)22(19-35)18-21(4)5/h11-12,21-25,35H,1-2,13-20H2,3-10H3/t22-,23+,24-,25?,31+,32?/m1/s1. The number of carbonyl (C=O) groups is 3. The molecule has 3 aliphatic rings. The van der Waals surface area contributed by atoms with E-state index in [0.29, 0.717) is 32.2 Å². The molecule has 1 spiro atoms. The first-order valence-electron chi connectivity index (χ1n) is 14.9. The van der Waals surface area contributed by atoms with Crippen molar-refractivity contribution >= 4 is 17.8 Å². The average Bonchev–Trinajstić information content (AvgIpc) is 3.46. The molecule has 3 heterocycles. The molecule has 0 aromatic rings. The summed E-state index contributed by atoms with van der Waals surface area (Å²) >= 11 is 0. The molecule has 2 amide bonds. The van der Waals surface area contributed by atoms with Crippen molar-refractivity contribution in [3.63, 3.8) is 0 Å². The van der Waals surface area contributed by atoms with Crippen LogP contribution in [-0.2, 0) is 23.9 Å². The van der Waals surface area contributed by atoms with Crippen molar-refractivity contribution in [2.24, 2.45) is 23.2 Å². The lowest BCUT2D eigenvalue weighted by atomic mass is 9.65. The minimum absolute atomic E-state index is 0.0375. The molecule has 0 saturated carbocycles. The number of aliphatic hydroxyl groups excluding tert-OH is 1. The van der Waals surface area contributed by atoms with Crippen molar-refractivity contribution in [2.75, 3.05) is 19.8 Å². The monoisotopic (exact) mass is 560 g/mol. The van der Waals surface area contributed by atoms with Gasteiger partial charge in [0, 0.05) is 12.1 Å². The third-order valence-corrected chi connectivity index (χ3v) is 9.07. The van der Waals surface area contributed by atoms with Crippen LogP contribution in [0.15, 0.2) is 25.3 Å². The molecule has 3 aliphatic heterocycles. The van der Waals surface area contributed by atoms with Crippen LogP contribution >= 0.6 is 0 Å². The van der Waals surface area contributed by atoms with Crippen LogP contribution in [0.25, 0.3) is 0 Å². The molecule has 2 bridgehead atoms. The van der Waals surface area contributed by atoms with Crippen LogP contribution in [0.1, 0.15) is 87.5 Å². The molecule has 0 radical (unpaired) electrons. The van der Waals surface area contributed by atoms with Gasteiger partial charge in [-0.05, 0) is 57.3 Å². The second-order valence-electron chi connectivity index (χ2n) is 14.3. The highest BCUT2D eigenvalue weighted by atomic mass is 16.6. The molecular formula is C32H52N2O6. The lowest BCUT2D eigenvalue weighted by molar-refractivity contribution is -0.164. The predicted octanol–water partition coefficient (Wildman–Crippen LogP) is 4.51. The third kappa shape index (κ3) is 5.50. The Morgan fingerprint density at radius 1 is 1.20 bits per heavy atom. The number of carbonyl (C=O) groups excluding carboxylic acids is 3. The van der Waals surface area contributed by atoms with Crippen LogP contribution < -0.4 is 0 Å². The van der Waals surface area contributed by atoms with Gasteiger partial charge >= 0.3 is 5.97 Å². The van der Waals surface area contributed by atoms with Crippen LogP contribution in [-0.4, -0.2) is 81.3 Å². The predicted molar refractivity (Wildman–Crippen MR) is 155 cm³/mol. The van der Waals surface area contributed by atoms with Crippen molar-refractivity contribution in [3.8, 4) is 0 Å². The maximum Gasteiger partial charge on any atom is 0.313 e. The summed E-state index contributed by atoms with van der Waals surface area (Å²) in [5, 5.41) is 10.5. The van der Waals surface area contributed by atoms with Crippen molar-refractivity contribution in [1.29, 1.82) is 0 Å². The van der Waals surface area contributed by atoms with Crippen LogP contribution in [0.5, 0.6) is 0 Å². The van der Waals surface area contributed by atoms with Crippen molar-refractivity contribution < 1.29 is 29.0 Å². The minimum Gasteiger partial charge on any atom is -0.461 e. The molecule has 0 aliphatic carbocycles. The summed E-state index contributed by atoms with van der Waals surface area (Å²) < 4.78 is 12.4. The van der Waals surface area contributed by atoms with Gasteiger partial charge in [-0.1, -0.05) is 60.3 Å². The molecule has 8 nitrogen and oxygen atoms in total. The highest BCUT2D eigenvalue weighted by Gasteiger charge is 2.79. The lowest BCUT2D eigenvalue weighted by Gasteiger charge is -2.46. The van der Waals surface area contributed by atoms with Gasteiger partial charge in [-0.3, -0.25) is 14.4 Å². The minimum atomic E-state index is -1.18. The summed E-state index contributed by atoms with van der Waals surface area (Å²) in [6.45, 7) is 24.2. The van der Waals surface area contributed by atoms with Gasteiger partial charge in [-0.25, -0.2) is 0 Å². The number of nitrogens with zero attached hydrogens (tertiary/aromatic N) is 2. The number of rotatable bonds is 13. The second kappa shape index (κ2) is 11.6. The Bertz CT molecular complexity index is 1000. The fraction of sp³-hybridized carbons (Fsp3) is 0.781. The quantitative estimate of drug-likeness (QED) is 0.263. The van der Waals surface area contributed by atoms with Gasteiger partial charge in [0.05, 0.1) is 24.2 Å². The highest BCUT2D eigenvalue weighted by molar-refractivity contribution is 5.99. The average molecular weight is 561 g/mol. The summed E-state index contributed by atoms with van der Waals surface area (Å²) in [5.74, 6) is -2.53. The Morgan fingerprint density at radius 2 is 1.85 bits per heavy atom. The Balaban J connectivity index is 2.20. The number of fused-ring (bicyclic) bond motifs is 1. The number of amides is 2. The third-order valence-electron chi connectivity index (χ3n) is 9.07. The van der Waals surface area contributed by atoms with Gasteiger partial charge in [0.2, 0.25) is 11.8 Å². The second-order valence-corrected chi connectivity index (χ2v) is 14.3. The number of hydrogen-bond donors (Lipinski definition) is 1. The van der Waals surface area contributed by atoms with E-state index in [2.05, 4.69) is 33.9 Å². The largest absolute Gasteiger partial charge is 0.461 e. The summed E-state index contributed by atoms with van der Waals surface area (Å²) in [6, 6.07) is -1.55. The fourth-order valence-corrected chi connectivity index (χ4v) is 8.04. The Kier molecular flexibility index (Phi) is 9.37. The van der Waals surface area contributed by atoms with E-state index in [1.807, 2.05) is 39.5 Å². The molecular weight excluding hydrogens is 508 g/mol. The van der Waals surface area contributed by atoms with Gasteiger partial charge in [0.1, 0.15) is 24.2 Å². The topological polar surface area (TPSA) is 96.4 Å². The molecule has 3 fully saturated rings. The molecule has 3 saturated heterocycles. The summed E-state index contributed by atoms with van der Waals surface area (Å²) in [7, 11) is 0. The van der Waals surface area contributed by atoms with Gasteiger partial charge in [-0.2, -0.15) is 0 Å². The number of hydrogen-bond acceptors (Lipinski definition) is 6. The Morgan fingerprint density at radius 3 is 2.35 bits per heavy atom. The first-order chi connectivity index (χ1) is 18.6. The van der Waals surface area contributed by atoms with E-state index >= 15 is 0 Å². The molecule has 8 heteroatoms. The van der Waals surface area contributed by atoms with Gasteiger partial charge in [0.15, 0.2) is 0 Å². The van der Waals surface area contributed by atoms with Crippen LogP contribution in [0.2, 0.25) is 0 Å². The Labute approximate surface area is 241 Å². The normalized spacial score (nSPS) is 30.4. The summed E-state index contributed by atoms with van der Waals surface area (Å²) in [4.78, 5) is 46.3. The molecule has 3 rings (SSSR count). The Hall–Kier alpha value is -2.19. The van der Waals surface area contributed by atoms with Gasteiger partial charge in [-0.15, -0.1) is 6.58 Å². The molecule has 226 valence electrons. The number of ether oxygens (including phenoxy) is 2. The number of aliphatic hydroxyl groups is 1. The van der Waals surface area contributed by atoms with Crippen molar-refractivity contribution in [2.45, 2.75) is 116 Å². The van der Waals surface area contributed by atoms with E-state index in [1.54, 1.807) is 11.0 Å². The van der Waals surface area contributed by atoms with Crippen molar-refractivity contribution in [3.05, 3.63) is 25.3 Å². The van der Waals surface area contributed by atoms with E-state index in [4.69, 9.17) is 9.47 Å². The molecule has 40 heavy (non-hydrogen) atoms. The number of likely N-dealkylation sites (tertiary alicyclic amines) is 1. The fourth-order valence-electron chi connectivity index (χ4n) is 8.04. The van der Waals surface area contributed by atoms with E-state index in [-0.39, 0.29) is 36.4 Å². The smallest absolute Gasteiger partial charge is 0.313 e. The molecule has 6 atom stereocenters. The van der Waals surface area contributed by atoms with E-state index in [1.165, 1.54) is 6.08 Å². The zero-order chi connectivity index (χ0) is 30.3. The number of esters is 1.